The molecule has 0 bridgehead atoms. The van der Waals surface area contributed by atoms with E-state index in [1.807, 2.05) is 12.1 Å². The largest absolute Gasteiger partial charge is 0.506 e. The highest BCUT2D eigenvalue weighted by Gasteiger charge is 2.22. The molecule has 0 amide bonds. The van der Waals surface area contributed by atoms with Gasteiger partial charge in [-0.3, -0.25) is 4.90 Å². The molecule has 0 unspecified atom stereocenters. The Morgan fingerprint density at radius 1 is 1.16 bits per heavy atom. The molecule has 1 aromatic rings. The molecular weight excluding hydrogens is 374 g/mol. The lowest BCUT2D eigenvalue weighted by Gasteiger charge is -2.33. The summed E-state index contributed by atoms with van der Waals surface area (Å²) in [7, 11) is 2.12. The number of aromatic hydroxyl groups is 1. The first-order chi connectivity index (χ1) is 8.97. The number of rotatable bonds is 3. The lowest BCUT2D eigenvalue weighted by molar-refractivity contribution is 0.0818. The Kier molecular flexibility index (Phi) is 5.29. The van der Waals surface area contributed by atoms with Crippen LogP contribution in [-0.2, 0) is 6.54 Å². The van der Waals surface area contributed by atoms with Crippen molar-refractivity contribution >= 4 is 31.9 Å². The van der Waals surface area contributed by atoms with Crippen molar-refractivity contribution in [2.24, 2.45) is 0 Å². The number of benzene rings is 1. The van der Waals surface area contributed by atoms with Gasteiger partial charge in [0.15, 0.2) is 0 Å². The number of phenolic OH excluding ortho intramolecular Hbond substituents is 1. The second-order valence-corrected chi connectivity index (χ2v) is 6.99. The Bertz CT molecular complexity index is 422. The van der Waals surface area contributed by atoms with Gasteiger partial charge in [-0.2, -0.15) is 0 Å². The van der Waals surface area contributed by atoms with Gasteiger partial charge in [0.1, 0.15) is 5.75 Å². The van der Waals surface area contributed by atoms with E-state index in [0.29, 0.717) is 15.0 Å². The lowest BCUT2D eigenvalue weighted by atomic mass is 9.92. The van der Waals surface area contributed by atoms with Crippen molar-refractivity contribution in [3.05, 3.63) is 26.6 Å². The van der Waals surface area contributed by atoms with Gasteiger partial charge in [-0.15, -0.1) is 0 Å². The number of hydrogen-bond acceptors (Lipinski definition) is 3. The van der Waals surface area contributed by atoms with E-state index in [9.17, 15) is 10.2 Å². The van der Waals surface area contributed by atoms with E-state index in [1.54, 1.807) is 0 Å². The standard InChI is InChI=1S/C14H19Br2NO2/c1-17(10-2-4-11(18)5-3-10)8-9-6-12(15)14(19)13(16)7-9/h6-7,10-11,18-19H,2-5,8H2,1H3/t10-,11-. The molecule has 1 aromatic carbocycles. The van der Waals surface area contributed by atoms with Crippen molar-refractivity contribution in [1.29, 1.82) is 0 Å². The van der Waals surface area contributed by atoms with Gasteiger partial charge in [-0.25, -0.2) is 0 Å². The van der Waals surface area contributed by atoms with Crippen LogP contribution in [0.3, 0.4) is 0 Å². The van der Waals surface area contributed by atoms with E-state index >= 15 is 0 Å². The van der Waals surface area contributed by atoms with Crippen molar-refractivity contribution < 1.29 is 10.2 Å². The Balaban J connectivity index is 2.00. The lowest BCUT2D eigenvalue weighted by Crippen LogP contribution is -2.35. The highest BCUT2D eigenvalue weighted by atomic mass is 79.9. The molecule has 2 rings (SSSR count). The number of halogens is 2. The molecular formula is C14H19Br2NO2. The minimum absolute atomic E-state index is 0.110. The van der Waals surface area contributed by atoms with Crippen molar-refractivity contribution in [2.45, 2.75) is 44.4 Å². The Morgan fingerprint density at radius 3 is 2.21 bits per heavy atom. The van der Waals surface area contributed by atoms with Crippen LogP contribution in [0.25, 0.3) is 0 Å². The number of hydrogen-bond donors (Lipinski definition) is 2. The molecule has 0 atom stereocenters. The Hall–Kier alpha value is -0.100. The van der Waals surface area contributed by atoms with Gasteiger partial charge in [0.25, 0.3) is 0 Å². The average molecular weight is 393 g/mol. The van der Waals surface area contributed by atoms with Crippen molar-refractivity contribution in [1.82, 2.24) is 4.90 Å². The zero-order chi connectivity index (χ0) is 14.0. The number of aliphatic hydroxyl groups is 1. The SMILES string of the molecule is CN(Cc1cc(Br)c(O)c(Br)c1)[C@H]1CC[C@H](O)CC1. The van der Waals surface area contributed by atoms with Gasteiger partial charge >= 0.3 is 0 Å². The molecule has 0 aromatic heterocycles. The van der Waals surface area contributed by atoms with Gasteiger partial charge in [-0.1, -0.05) is 0 Å². The highest BCUT2D eigenvalue weighted by molar-refractivity contribution is 9.11. The van der Waals surface area contributed by atoms with E-state index in [0.717, 1.165) is 37.8 Å². The van der Waals surface area contributed by atoms with Crippen LogP contribution >= 0.6 is 31.9 Å². The smallest absolute Gasteiger partial charge is 0.143 e. The van der Waals surface area contributed by atoms with Crippen molar-refractivity contribution in [2.75, 3.05) is 7.05 Å². The maximum Gasteiger partial charge on any atom is 0.143 e. The summed E-state index contributed by atoms with van der Waals surface area (Å²) in [5.41, 5.74) is 1.16. The first-order valence-corrected chi connectivity index (χ1v) is 8.11. The van der Waals surface area contributed by atoms with Crippen LogP contribution in [0.5, 0.6) is 5.75 Å². The molecule has 1 fully saturated rings. The summed E-state index contributed by atoms with van der Waals surface area (Å²) in [6.45, 7) is 0.845. The van der Waals surface area contributed by atoms with Crippen LogP contribution in [0.1, 0.15) is 31.2 Å². The van der Waals surface area contributed by atoms with E-state index in [2.05, 4.69) is 43.8 Å². The van der Waals surface area contributed by atoms with Crippen LogP contribution in [0, 0.1) is 0 Å². The third-order valence-electron chi connectivity index (χ3n) is 3.80. The predicted octanol–water partition coefficient (Wildman–Crippen LogP) is 3.65. The molecule has 19 heavy (non-hydrogen) atoms. The third-order valence-corrected chi connectivity index (χ3v) is 5.01. The molecule has 0 saturated heterocycles. The Labute approximate surface area is 130 Å². The average Bonchev–Trinajstić information content (AvgIpc) is 2.36. The predicted molar refractivity (Wildman–Crippen MR) is 83.2 cm³/mol. The minimum Gasteiger partial charge on any atom is -0.506 e. The van der Waals surface area contributed by atoms with Gasteiger partial charge in [0.05, 0.1) is 15.0 Å². The van der Waals surface area contributed by atoms with E-state index in [1.165, 1.54) is 0 Å². The van der Waals surface area contributed by atoms with Gasteiger partial charge in [-0.05, 0) is 82.3 Å². The maximum absolute atomic E-state index is 9.71. The highest BCUT2D eigenvalue weighted by Crippen LogP contribution is 2.34. The summed E-state index contributed by atoms with van der Waals surface area (Å²) < 4.78 is 1.42. The third kappa shape index (κ3) is 3.94. The molecule has 0 heterocycles. The zero-order valence-electron chi connectivity index (χ0n) is 10.9. The first kappa shape index (κ1) is 15.3. The topological polar surface area (TPSA) is 43.7 Å². The van der Waals surface area contributed by atoms with Crippen LogP contribution < -0.4 is 0 Å². The number of phenols is 1. The summed E-state index contributed by atoms with van der Waals surface area (Å²) >= 11 is 6.72. The van der Waals surface area contributed by atoms with Crippen LogP contribution in [0.4, 0.5) is 0 Å². The zero-order valence-corrected chi connectivity index (χ0v) is 14.1. The van der Waals surface area contributed by atoms with E-state index < -0.39 is 0 Å². The van der Waals surface area contributed by atoms with Crippen LogP contribution in [0.15, 0.2) is 21.1 Å². The molecule has 2 N–H and O–H groups in total. The molecule has 3 nitrogen and oxygen atoms in total. The molecule has 1 saturated carbocycles. The summed E-state index contributed by atoms with van der Waals surface area (Å²) in [6, 6.07) is 4.44. The second kappa shape index (κ2) is 6.57. The fraction of sp³-hybridized carbons (Fsp3) is 0.571. The maximum atomic E-state index is 9.71. The summed E-state index contributed by atoms with van der Waals surface area (Å²) in [5.74, 6) is 0.243. The summed E-state index contributed by atoms with van der Waals surface area (Å²) in [6.07, 6.45) is 3.80. The van der Waals surface area contributed by atoms with Crippen molar-refractivity contribution in [3.63, 3.8) is 0 Å². The molecule has 106 valence electrons. The monoisotopic (exact) mass is 391 g/mol. The minimum atomic E-state index is -0.110. The second-order valence-electron chi connectivity index (χ2n) is 5.29. The Morgan fingerprint density at radius 2 is 1.68 bits per heavy atom. The van der Waals surface area contributed by atoms with Gasteiger partial charge in [0.2, 0.25) is 0 Å². The van der Waals surface area contributed by atoms with E-state index in [4.69, 9.17) is 0 Å². The van der Waals surface area contributed by atoms with Crippen molar-refractivity contribution in [3.8, 4) is 5.75 Å². The van der Waals surface area contributed by atoms with Crippen LogP contribution in [-0.4, -0.2) is 34.3 Å². The first-order valence-electron chi connectivity index (χ1n) is 6.52. The summed E-state index contributed by atoms with van der Waals surface area (Å²) in [5, 5.41) is 19.3. The van der Waals surface area contributed by atoms with Gasteiger partial charge < -0.3 is 10.2 Å². The number of aliphatic hydroxyl groups excluding tert-OH is 1. The van der Waals surface area contributed by atoms with E-state index in [-0.39, 0.29) is 11.9 Å². The van der Waals surface area contributed by atoms with Gasteiger partial charge in [0, 0.05) is 12.6 Å². The quantitative estimate of drug-likeness (QED) is 0.824. The molecule has 1 aliphatic carbocycles. The number of nitrogens with zero attached hydrogens (tertiary/aromatic N) is 1. The molecule has 0 aliphatic heterocycles. The van der Waals surface area contributed by atoms with Crippen LogP contribution in [0.2, 0.25) is 0 Å². The summed E-state index contributed by atoms with van der Waals surface area (Å²) in [4.78, 5) is 2.33. The molecule has 0 radical (unpaired) electrons. The fourth-order valence-corrected chi connectivity index (χ4v) is 3.91. The molecule has 5 heteroatoms. The fourth-order valence-electron chi connectivity index (χ4n) is 2.63. The molecule has 0 spiro atoms. The normalized spacial score (nSPS) is 23.8. The molecule has 1 aliphatic rings.